The smallest absolute Gasteiger partial charge is 0.139 e. The van der Waals surface area contributed by atoms with Crippen LogP contribution in [0.15, 0.2) is 72.9 Å². The van der Waals surface area contributed by atoms with Gasteiger partial charge in [-0.3, -0.25) is 4.57 Å². The van der Waals surface area contributed by atoms with Gasteiger partial charge in [-0.15, -0.1) is 0 Å². The van der Waals surface area contributed by atoms with Crippen LogP contribution in [0.2, 0.25) is 0 Å². The average Bonchev–Trinajstić information content (AvgIpc) is 3.06. The van der Waals surface area contributed by atoms with Gasteiger partial charge in [0.1, 0.15) is 11.6 Å². The third kappa shape index (κ3) is 3.09. The lowest BCUT2D eigenvalue weighted by Crippen LogP contribution is -1.99. The fraction of sp³-hybridized carbons (Fsp3) is 0.0909. The van der Waals surface area contributed by atoms with Gasteiger partial charge in [0.15, 0.2) is 0 Å². The number of aromatic nitrogens is 3. The summed E-state index contributed by atoms with van der Waals surface area (Å²) in [5.74, 6) is 1.75. The van der Waals surface area contributed by atoms with Crippen molar-refractivity contribution in [1.29, 1.82) is 0 Å². The Bertz CT molecular complexity index is 1010. The number of rotatable bonds is 4. The molecule has 0 aliphatic heterocycles. The van der Waals surface area contributed by atoms with Gasteiger partial charge in [-0.2, -0.15) is 0 Å². The lowest BCUT2D eigenvalue weighted by atomic mass is 10.1. The number of benzene rings is 2. The second-order valence-electron chi connectivity index (χ2n) is 5.91. The highest BCUT2D eigenvalue weighted by molar-refractivity contribution is 5.81. The molecule has 0 unspecified atom stereocenters. The lowest BCUT2D eigenvalue weighted by molar-refractivity contribution is 1.01. The normalized spacial score (nSPS) is 11.4. The van der Waals surface area contributed by atoms with Crippen molar-refractivity contribution >= 4 is 23.2 Å². The van der Waals surface area contributed by atoms with Crippen molar-refractivity contribution in [2.75, 3.05) is 0 Å². The summed E-state index contributed by atoms with van der Waals surface area (Å²) >= 11 is 0. The summed E-state index contributed by atoms with van der Waals surface area (Å²) in [5.41, 5.74) is 4.53. The van der Waals surface area contributed by atoms with Gasteiger partial charge in [0.2, 0.25) is 0 Å². The van der Waals surface area contributed by atoms with Crippen LogP contribution < -0.4 is 0 Å². The summed E-state index contributed by atoms with van der Waals surface area (Å²) in [6.07, 6.45) is 7.01. The van der Waals surface area contributed by atoms with Crippen LogP contribution in [0.4, 0.5) is 0 Å². The number of nitrogens with zero attached hydrogens (tertiary/aromatic N) is 3. The van der Waals surface area contributed by atoms with Gasteiger partial charge in [0, 0.05) is 6.20 Å². The largest absolute Gasteiger partial charge is 0.277 e. The van der Waals surface area contributed by atoms with E-state index >= 15 is 0 Å². The maximum absolute atomic E-state index is 4.77. The van der Waals surface area contributed by atoms with E-state index in [0.717, 1.165) is 34.7 Å². The molecule has 3 nitrogen and oxygen atoms in total. The predicted molar refractivity (Wildman–Crippen MR) is 104 cm³/mol. The highest BCUT2D eigenvalue weighted by Crippen LogP contribution is 2.21. The Balaban J connectivity index is 1.79. The SMILES string of the molecule is CCc1ccc(C=Cc2nc3ccccc3n2-c2ccccn2)cc1. The van der Waals surface area contributed by atoms with Gasteiger partial charge in [0.05, 0.1) is 11.0 Å². The zero-order valence-electron chi connectivity index (χ0n) is 14.1. The molecule has 0 aliphatic rings. The molecule has 25 heavy (non-hydrogen) atoms. The zero-order valence-corrected chi connectivity index (χ0v) is 14.1. The molecule has 0 N–H and O–H groups in total. The Hall–Kier alpha value is -3.20. The summed E-state index contributed by atoms with van der Waals surface area (Å²) < 4.78 is 2.09. The van der Waals surface area contributed by atoms with Crippen LogP contribution in [0.3, 0.4) is 0 Å². The number of hydrogen-bond donors (Lipinski definition) is 0. The summed E-state index contributed by atoms with van der Waals surface area (Å²) in [6.45, 7) is 2.17. The minimum Gasteiger partial charge on any atom is -0.277 e. The standard InChI is InChI=1S/C22H19N3/c1-2-17-10-12-18(13-11-17)14-15-22-24-19-7-3-4-8-20(19)25(22)21-9-5-6-16-23-21/h3-16H,2H2,1H3. The molecular weight excluding hydrogens is 306 g/mol. The molecule has 4 rings (SSSR count). The molecule has 2 aromatic carbocycles. The van der Waals surface area contributed by atoms with Crippen molar-refractivity contribution in [1.82, 2.24) is 14.5 Å². The molecule has 0 radical (unpaired) electrons. The quantitative estimate of drug-likeness (QED) is 0.519. The van der Waals surface area contributed by atoms with E-state index in [1.165, 1.54) is 5.56 Å². The van der Waals surface area contributed by atoms with E-state index in [2.05, 4.69) is 59.0 Å². The Morgan fingerprint density at radius 1 is 0.880 bits per heavy atom. The van der Waals surface area contributed by atoms with Crippen molar-refractivity contribution in [3.8, 4) is 5.82 Å². The highest BCUT2D eigenvalue weighted by Gasteiger charge is 2.10. The number of imidazole rings is 1. The summed E-state index contributed by atoms with van der Waals surface area (Å²) in [7, 11) is 0. The van der Waals surface area contributed by atoms with Crippen LogP contribution in [0, 0.1) is 0 Å². The first-order valence-electron chi connectivity index (χ1n) is 8.51. The molecule has 0 saturated heterocycles. The van der Waals surface area contributed by atoms with Crippen molar-refractivity contribution in [2.24, 2.45) is 0 Å². The zero-order chi connectivity index (χ0) is 17.1. The molecule has 2 aromatic heterocycles. The van der Waals surface area contributed by atoms with Gasteiger partial charge in [-0.05, 0) is 47.9 Å². The monoisotopic (exact) mass is 325 g/mol. The van der Waals surface area contributed by atoms with Crippen LogP contribution in [-0.2, 0) is 6.42 Å². The van der Waals surface area contributed by atoms with Crippen molar-refractivity contribution in [2.45, 2.75) is 13.3 Å². The summed E-state index contributed by atoms with van der Waals surface area (Å²) in [4.78, 5) is 9.27. The molecule has 2 heterocycles. The first kappa shape index (κ1) is 15.3. The molecule has 0 saturated carbocycles. The van der Waals surface area contributed by atoms with Crippen LogP contribution in [0.25, 0.3) is 29.0 Å². The minimum atomic E-state index is 0.872. The molecule has 3 heteroatoms. The second-order valence-corrected chi connectivity index (χ2v) is 5.91. The van der Waals surface area contributed by atoms with Gasteiger partial charge in [-0.25, -0.2) is 9.97 Å². The fourth-order valence-corrected chi connectivity index (χ4v) is 2.92. The van der Waals surface area contributed by atoms with E-state index in [1.807, 2.05) is 36.4 Å². The molecule has 0 aliphatic carbocycles. The fourth-order valence-electron chi connectivity index (χ4n) is 2.92. The van der Waals surface area contributed by atoms with E-state index in [4.69, 9.17) is 4.98 Å². The first-order chi connectivity index (χ1) is 12.3. The topological polar surface area (TPSA) is 30.7 Å². The summed E-state index contributed by atoms with van der Waals surface area (Å²) in [6, 6.07) is 22.7. The van der Waals surface area contributed by atoms with E-state index in [1.54, 1.807) is 6.20 Å². The van der Waals surface area contributed by atoms with Gasteiger partial charge < -0.3 is 0 Å². The van der Waals surface area contributed by atoms with Crippen LogP contribution in [0.1, 0.15) is 23.9 Å². The third-order valence-electron chi connectivity index (χ3n) is 4.28. The molecule has 0 bridgehead atoms. The highest BCUT2D eigenvalue weighted by atomic mass is 15.1. The number of para-hydroxylation sites is 2. The Labute approximate surface area is 147 Å². The van der Waals surface area contributed by atoms with Crippen molar-refractivity contribution in [3.05, 3.63) is 89.9 Å². The van der Waals surface area contributed by atoms with Gasteiger partial charge in [-0.1, -0.05) is 55.5 Å². The number of pyridine rings is 1. The lowest BCUT2D eigenvalue weighted by Gasteiger charge is -2.05. The second kappa shape index (κ2) is 6.73. The minimum absolute atomic E-state index is 0.872. The van der Waals surface area contributed by atoms with E-state index in [-0.39, 0.29) is 0 Å². The molecule has 122 valence electrons. The molecule has 0 atom stereocenters. The molecule has 0 spiro atoms. The summed E-state index contributed by atoms with van der Waals surface area (Å²) in [5, 5.41) is 0. The average molecular weight is 325 g/mol. The van der Waals surface area contributed by atoms with E-state index < -0.39 is 0 Å². The number of aryl methyl sites for hydroxylation is 1. The Kier molecular flexibility index (Phi) is 4.13. The van der Waals surface area contributed by atoms with Crippen LogP contribution >= 0.6 is 0 Å². The number of fused-ring (bicyclic) bond motifs is 1. The predicted octanol–water partition coefficient (Wildman–Crippen LogP) is 5.15. The Morgan fingerprint density at radius 2 is 1.68 bits per heavy atom. The van der Waals surface area contributed by atoms with E-state index in [0.29, 0.717) is 0 Å². The molecule has 4 aromatic rings. The molecule has 0 fully saturated rings. The molecule has 0 amide bonds. The van der Waals surface area contributed by atoms with Gasteiger partial charge in [0.25, 0.3) is 0 Å². The van der Waals surface area contributed by atoms with Crippen LogP contribution in [-0.4, -0.2) is 14.5 Å². The van der Waals surface area contributed by atoms with Crippen molar-refractivity contribution < 1.29 is 0 Å². The molecular formula is C22H19N3. The van der Waals surface area contributed by atoms with Crippen LogP contribution in [0.5, 0.6) is 0 Å². The maximum atomic E-state index is 4.77. The third-order valence-corrected chi connectivity index (χ3v) is 4.28. The Morgan fingerprint density at radius 3 is 2.44 bits per heavy atom. The number of hydrogen-bond acceptors (Lipinski definition) is 2. The van der Waals surface area contributed by atoms with Crippen molar-refractivity contribution in [3.63, 3.8) is 0 Å². The first-order valence-corrected chi connectivity index (χ1v) is 8.51. The van der Waals surface area contributed by atoms with E-state index in [9.17, 15) is 0 Å². The maximum Gasteiger partial charge on any atom is 0.139 e. The van der Waals surface area contributed by atoms with Gasteiger partial charge >= 0.3 is 0 Å².